The molecule has 0 spiro atoms. The summed E-state index contributed by atoms with van der Waals surface area (Å²) in [6.45, 7) is 0. The lowest BCUT2D eigenvalue weighted by Crippen LogP contribution is -2.27. The van der Waals surface area contributed by atoms with Crippen LogP contribution < -0.4 is 5.32 Å². The lowest BCUT2D eigenvalue weighted by atomic mass is 9.96. The highest BCUT2D eigenvalue weighted by Crippen LogP contribution is 2.33. The number of benzene rings is 1. The summed E-state index contributed by atoms with van der Waals surface area (Å²) in [5.74, 6) is -0.617. The van der Waals surface area contributed by atoms with Crippen LogP contribution in [0.25, 0.3) is 0 Å². The first-order chi connectivity index (χ1) is 7.16. The van der Waals surface area contributed by atoms with Crippen molar-refractivity contribution < 1.29 is 15.0 Å². The summed E-state index contributed by atoms with van der Waals surface area (Å²) in [7, 11) is 0. The van der Waals surface area contributed by atoms with E-state index in [0.29, 0.717) is 5.69 Å². The molecular formula is C11H13NO3. The van der Waals surface area contributed by atoms with Crippen molar-refractivity contribution >= 4 is 11.7 Å². The van der Waals surface area contributed by atoms with Crippen molar-refractivity contribution in [3.63, 3.8) is 0 Å². The van der Waals surface area contributed by atoms with E-state index in [1.54, 1.807) is 12.1 Å². The normalized spacial score (nSPS) is 19.1. The Hall–Kier alpha value is -1.71. The quantitative estimate of drug-likeness (QED) is 0.644. The summed E-state index contributed by atoms with van der Waals surface area (Å²) < 4.78 is 0. The number of carbonyl (C=O) groups is 1. The van der Waals surface area contributed by atoms with Crippen molar-refractivity contribution in [3.05, 3.63) is 23.8 Å². The van der Waals surface area contributed by atoms with E-state index < -0.39 is 5.97 Å². The number of carboxylic acids is 1. The number of hydrogen-bond donors (Lipinski definition) is 3. The minimum Gasteiger partial charge on any atom is -0.506 e. The molecule has 4 heteroatoms. The number of fused-ring (bicyclic) bond motifs is 1. The molecule has 0 bridgehead atoms. The zero-order valence-corrected chi connectivity index (χ0v) is 8.23. The molecule has 1 aliphatic heterocycles. The first-order valence-corrected chi connectivity index (χ1v) is 4.96. The van der Waals surface area contributed by atoms with E-state index in [0.717, 1.165) is 18.4 Å². The van der Waals surface area contributed by atoms with E-state index in [1.165, 1.54) is 0 Å². The fourth-order valence-corrected chi connectivity index (χ4v) is 1.93. The first-order valence-electron chi connectivity index (χ1n) is 4.96. The van der Waals surface area contributed by atoms with Crippen LogP contribution in [0.2, 0.25) is 0 Å². The molecule has 0 saturated heterocycles. The van der Waals surface area contributed by atoms with Crippen molar-refractivity contribution in [2.75, 3.05) is 5.32 Å². The second-order valence-electron chi connectivity index (χ2n) is 3.79. The number of phenolic OH excluding ortho intramolecular Hbond substituents is 1. The average Bonchev–Trinajstić information content (AvgIpc) is 2.18. The summed E-state index contributed by atoms with van der Waals surface area (Å²) in [5, 5.41) is 21.3. The standard InChI is InChI=1S/C11H13NO3/c13-9-3-1-2-7-4-5-8(6-10(14)15)12-11(7)9/h1-3,8,12-13H,4-6H2,(H,14,15). The summed E-state index contributed by atoms with van der Waals surface area (Å²) in [4.78, 5) is 10.6. The molecule has 1 aromatic carbocycles. The van der Waals surface area contributed by atoms with Gasteiger partial charge >= 0.3 is 5.97 Å². The van der Waals surface area contributed by atoms with Gasteiger partial charge in [0, 0.05) is 6.04 Å². The number of aryl methyl sites for hydroxylation is 1. The predicted molar refractivity (Wildman–Crippen MR) is 56.1 cm³/mol. The third kappa shape index (κ3) is 2.03. The molecule has 3 N–H and O–H groups in total. The van der Waals surface area contributed by atoms with E-state index in [1.807, 2.05) is 6.07 Å². The molecule has 80 valence electrons. The van der Waals surface area contributed by atoms with Gasteiger partial charge in [0.05, 0.1) is 12.1 Å². The number of hydrogen-bond acceptors (Lipinski definition) is 3. The van der Waals surface area contributed by atoms with Gasteiger partial charge in [-0.2, -0.15) is 0 Å². The zero-order chi connectivity index (χ0) is 10.8. The second kappa shape index (κ2) is 3.81. The summed E-state index contributed by atoms with van der Waals surface area (Å²) >= 11 is 0. The molecule has 0 fully saturated rings. The first kappa shape index (κ1) is 9.83. The molecule has 15 heavy (non-hydrogen) atoms. The molecule has 0 aliphatic carbocycles. The average molecular weight is 207 g/mol. The minimum absolute atomic E-state index is 0.0803. The van der Waals surface area contributed by atoms with Crippen molar-refractivity contribution in [1.29, 1.82) is 0 Å². The van der Waals surface area contributed by atoms with E-state index in [-0.39, 0.29) is 18.2 Å². The molecule has 2 rings (SSSR count). The molecule has 1 aromatic rings. The summed E-state index contributed by atoms with van der Waals surface area (Å²) in [5.41, 5.74) is 1.74. The molecule has 1 unspecified atom stereocenters. The highest BCUT2D eigenvalue weighted by Gasteiger charge is 2.21. The van der Waals surface area contributed by atoms with Gasteiger partial charge in [-0.3, -0.25) is 4.79 Å². The van der Waals surface area contributed by atoms with E-state index in [9.17, 15) is 9.90 Å². The lowest BCUT2D eigenvalue weighted by molar-refractivity contribution is -0.137. The SMILES string of the molecule is O=C(O)CC1CCc2cccc(O)c2N1. The molecule has 0 saturated carbocycles. The Morgan fingerprint density at radius 2 is 2.33 bits per heavy atom. The van der Waals surface area contributed by atoms with Crippen molar-refractivity contribution in [3.8, 4) is 5.75 Å². The van der Waals surface area contributed by atoms with E-state index in [2.05, 4.69) is 5.32 Å². The predicted octanol–water partition coefficient (Wildman–Crippen LogP) is 1.59. The van der Waals surface area contributed by atoms with Crippen LogP contribution in [0.15, 0.2) is 18.2 Å². The van der Waals surface area contributed by atoms with Crippen LogP contribution in [0.3, 0.4) is 0 Å². The Morgan fingerprint density at radius 3 is 3.07 bits per heavy atom. The van der Waals surface area contributed by atoms with Gasteiger partial charge in [-0.15, -0.1) is 0 Å². The maximum Gasteiger partial charge on any atom is 0.305 e. The Bertz CT molecular complexity index is 389. The maximum absolute atomic E-state index is 10.6. The summed E-state index contributed by atoms with van der Waals surface area (Å²) in [6.07, 6.45) is 1.70. The fraction of sp³-hybridized carbons (Fsp3) is 0.364. The molecule has 0 amide bonds. The molecule has 0 aromatic heterocycles. The fourth-order valence-electron chi connectivity index (χ4n) is 1.93. The van der Waals surface area contributed by atoms with Crippen molar-refractivity contribution in [2.45, 2.75) is 25.3 Å². The van der Waals surface area contributed by atoms with Crippen LogP contribution >= 0.6 is 0 Å². The van der Waals surface area contributed by atoms with Gasteiger partial charge in [0.25, 0.3) is 0 Å². The third-order valence-electron chi connectivity index (χ3n) is 2.66. The minimum atomic E-state index is -0.814. The van der Waals surface area contributed by atoms with Crippen LogP contribution in [0.4, 0.5) is 5.69 Å². The third-order valence-corrected chi connectivity index (χ3v) is 2.66. The van der Waals surface area contributed by atoms with Gasteiger partial charge in [-0.05, 0) is 24.5 Å². The van der Waals surface area contributed by atoms with Crippen LogP contribution in [0, 0.1) is 0 Å². The number of aromatic hydroxyl groups is 1. The number of para-hydroxylation sites is 1. The zero-order valence-electron chi connectivity index (χ0n) is 8.23. The van der Waals surface area contributed by atoms with Gasteiger partial charge in [-0.1, -0.05) is 12.1 Å². The molecule has 4 nitrogen and oxygen atoms in total. The topological polar surface area (TPSA) is 69.6 Å². The monoisotopic (exact) mass is 207 g/mol. The Labute approximate surface area is 87.6 Å². The van der Waals surface area contributed by atoms with Crippen molar-refractivity contribution in [1.82, 2.24) is 0 Å². The van der Waals surface area contributed by atoms with Crippen LogP contribution in [-0.2, 0) is 11.2 Å². The highest BCUT2D eigenvalue weighted by molar-refractivity contribution is 5.70. The number of aliphatic carboxylic acids is 1. The number of anilines is 1. The smallest absolute Gasteiger partial charge is 0.305 e. The molecule has 0 radical (unpaired) electrons. The molecule has 1 atom stereocenters. The van der Waals surface area contributed by atoms with E-state index >= 15 is 0 Å². The molecular weight excluding hydrogens is 194 g/mol. The second-order valence-corrected chi connectivity index (χ2v) is 3.79. The largest absolute Gasteiger partial charge is 0.506 e. The maximum atomic E-state index is 10.6. The Balaban J connectivity index is 2.18. The van der Waals surface area contributed by atoms with Crippen molar-refractivity contribution in [2.24, 2.45) is 0 Å². The van der Waals surface area contributed by atoms with E-state index in [4.69, 9.17) is 5.11 Å². The lowest BCUT2D eigenvalue weighted by Gasteiger charge is -2.26. The molecule has 1 heterocycles. The number of rotatable bonds is 2. The Morgan fingerprint density at radius 1 is 1.53 bits per heavy atom. The van der Waals surface area contributed by atoms with Gasteiger partial charge < -0.3 is 15.5 Å². The van der Waals surface area contributed by atoms with Gasteiger partial charge in [0.15, 0.2) is 0 Å². The van der Waals surface area contributed by atoms with Gasteiger partial charge in [-0.25, -0.2) is 0 Å². The Kier molecular flexibility index (Phi) is 2.49. The van der Waals surface area contributed by atoms with Gasteiger partial charge in [0.1, 0.15) is 5.75 Å². The van der Waals surface area contributed by atoms with Crippen LogP contribution in [0.5, 0.6) is 5.75 Å². The van der Waals surface area contributed by atoms with Crippen LogP contribution in [-0.4, -0.2) is 22.2 Å². The van der Waals surface area contributed by atoms with Crippen LogP contribution in [0.1, 0.15) is 18.4 Å². The summed E-state index contributed by atoms with van der Waals surface area (Å²) in [6, 6.07) is 5.27. The highest BCUT2D eigenvalue weighted by atomic mass is 16.4. The van der Waals surface area contributed by atoms with Gasteiger partial charge in [0.2, 0.25) is 0 Å². The number of carboxylic acid groups (broad SMARTS) is 1. The number of phenols is 1. The molecule has 1 aliphatic rings. The number of nitrogens with one attached hydrogen (secondary N) is 1.